The summed E-state index contributed by atoms with van der Waals surface area (Å²) >= 11 is 6.14. The van der Waals surface area contributed by atoms with Gasteiger partial charge in [-0.1, -0.05) is 36.2 Å². The summed E-state index contributed by atoms with van der Waals surface area (Å²) in [6.07, 6.45) is 10.0. The number of halogens is 2. The lowest BCUT2D eigenvalue weighted by atomic mass is 9.92. The Labute approximate surface area is 286 Å². The number of hydrogen-bond acceptors (Lipinski definition) is 4. The van der Waals surface area contributed by atoms with Gasteiger partial charge in [0.15, 0.2) is 5.78 Å². The maximum atomic E-state index is 14.2. The van der Waals surface area contributed by atoms with Crippen LogP contribution in [0.3, 0.4) is 0 Å². The average molecular weight is 733 g/mol. The Bertz CT molecular complexity index is 1370. The van der Waals surface area contributed by atoms with Gasteiger partial charge in [0.25, 0.3) is 0 Å². The Morgan fingerprint density at radius 3 is 2.30 bits per heavy atom. The Balaban J connectivity index is 0.00000384. The molecular weight excluding hydrogens is 683 g/mol. The van der Waals surface area contributed by atoms with E-state index in [2.05, 4.69) is 52.7 Å². The molecule has 0 saturated carbocycles. The molecule has 0 aliphatic carbocycles. The number of quaternary nitrogens is 1. The summed E-state index contributed by atoms with van der Waals surface area (Å²) in [4.78, 5) is 19.3. The number of aromatic nitrogens is 1. The van der Waals surface area contributed by atoms with Crippen LogP contribution in [0.4, 0.5) is 0 Å². The summed E-state index contributed by atoms with van der Waals surface area (Å²) in [7, 11) is 4.69. The fourth-order valence-corrected chi connectivity index (χ4v) is 7.81. The third kappa shape index (κ3) is 8.19. The second-order valence-corrected chi connectivity index (χ2v) is 14.3. The monoisotopic (exact) mass is 732 g/mol. The van der Waals surface area contributed by atoms with Crippen LogP contribution in [-0.2, 0) is 13.2 Å². The molecule has 240 valence electrons. The van der Waals surface area contributed by atoms with E-state index in [1.165, 1.54) is 71.1 Å². The topological polar surface area (TPSA) is 37.7 Å². The van der Waals surface area contributed by atoms with Crippen LogP contribution in [0, 0.1) is 5.92 Å². The fraction of sp³-hybridized carbons (Fsp3) is 0.583. The lowest BCUT2D eigenvalue weighted by molar-refractivity contribution is -0.896. The number of nitrogens with zero attached hydrogens (tertiary/aromatic N) is 4. The van der Waals surface area contributed by atoms with E-state index in [-0.39, 0.29) is 29.8 Å². The highest BCUT2D eigenvalue weighted by Gasteiger charge is 2.30. The van der Waals surface area contributed by atoms with Crippen molar-refractivity contribution in [2.24, 2.45) is 5.92 Å². The van der Waals surface area contributed by atoms with Crippen molar-refractivity contribution in [1.82, 2.24) is 14.4 Å². The molecule has 3 aliphatic rings. The molecule has 0 unspecified atom stereocenters. The quantitative estimate of drug-likeness (QED) is 0.180. The molecule has 3 aromatic rings. The molecule has 8 heteroatoms. The lowest BCUT2D eigenvalue weighted by Gasteiger charge is -2.40. The van der Waals surface area contributed by atoms with Crippen molar-refractivity contribution < 1.29 is 38.0 Å². The highest BCUT2D eigenvalue weighted by Crippen LogP contribution is 2.32. The standard InChI is InChI=1S/C36H50ClN4O2.HI/c1-41(2)24-17-28(18-25-41)14-23-40-33-9-5-4-8-32(33)36(34(40)27-43-31-12-10-29(37)11-13-31)35(42)26-38-21-15-30(16-22-38)39-19-6-3-7-20-39;/h4-5,8-13,28,30H,3,6-7,14-27H2,1-2H3;1H/q+1;/p-1. The first-order valence-corrected chi connectivity index (χ1v) is 17.0. The first-order valence-electron chi connectivity index (χ1n) is 16.7. The zero-order valence-corrected chi connectivity index (χ0v) is 29.6. The van der Waals surface area contributed by atoms with E-state index >= 15 is 0 Å². The molecule has 0 amide bonds. The zero-order valence-electron chi connectivity index (χ0n) is 26.7. The molecule has 0 spiro atoms. The van der Waals surface area contributed by atoms with Crippen LogP contribution in [0.2, 0.25) is 5.02 Å². The third-order valence-electron chi connectivity index (χ3n) is 10.4. The third-order valence-corrected chi connectivity index (χ3v) is 10.7. The molecule has 2 aromatic carbocycles. The molecule has 0 N–H and O–H groups in total. The van der Waals surface area contributed by atoms with Gasteiger partial charge in [0, 0.05) is 41.6 Å². The van der Waals surface area contributed by atoms with Crippen LogP contribution < -0.4 is 28.7 Å². The van der Waals surface area contributed by atoms with Gasteiger partial charge in [-0.2, -0.15) is 0 Å². The number of rotatable bonds is 10. The zero-order chi connectivity index (χ0) is 29.8. The first kappa shape index (κ1) is 33.7. The van der Waals surface area contributed by atoms with Crippen molar-refractivity contribution >= 4 is 28.3 Å². The molecule has 0 bridgehead atoms. The number of likely N-dealkylation sites (tertiary alicyclic amines) is 3. The van der Waals surface area contributed by atoms with E-state index in [1.807, 2.05) is 24.3 Å². The van der Waals surface area contributed by atoms with Crippen molar-refractivity contribution in [1.29, 1.82) is 0 Å². The van der Waals surface area contributed by atoms with E-state index in [4.69, 9.17) is 16.3 Å². The first-order chi connectivity index (χ1) is 20.9. The van der Waals surface area contributed by atoms with Crippen molar-refractivity contribution in [3.05, 3.63) is 64.8 Å². The van der Waals surface area contributed by atoms with Crippen LogP contribution in [0.5, 0.6) is 5.75 Å². The molecule has 1 aromatic heterocycles. The minimum absolute atomic E-state index is 0. The van der Waals surface area contributed by atoms with Gasteiger partial charge in [0.1, 0.15) is 12.4 Å². The number of carbonyl (C=O) groups excluding carboxylic acids is 1. The lowest BCUT2D eigenvalue weighted by Crippen LogP contribution is -3.00. The van der Waals surface area contributed by atoms with Crippen molar-refractivity contribution in [2.45, 2.75) is 70.6 Å². The number of benzene rings is 2. The number of ether oxygens (including phenoxy) is 1. The predicted octanol–water partition coefficient (Wildman–Crippen LogP) is 3.89. The van der Waals surface area contributed by atoms with E-state index in [9.17, 15) is 4.79 Å². The van der Waals surface area contributed by atoms with E-state index in [0.717, 1.165) is 64.4 Å². The van der Waals surface area contributed by atoms with Gasteiger partial charge in [-0.15, -0.1) is 0 Å². The summed E-state index contributed by atoms with van der Waals surface area (Å²) in [5.41, 5.74) is 3.01. The molecule has 6 rings (SSSR count). The number of hydrogen-bond donors (Lipinski definition) is 0. The molecule has 44 heavy (non-hydrogen) atoms. The second-order valence-electron chi connectivity index (χ2n) is 13.9. The maximum absolute atomic E-state index is 14.2. The van der Waals surface area contributed by atoms with Crippen molar-refractivity contribution in [2.75, 3.05) is 59.9 Å². The van der Waals surface area contributed by atoms with Gasteiger partial charge in [0.05, 0.1) is 45.0 Å². The van der Waals surface area contributed by atoms with Gasteiger partial charge in [-0.25, -0.2) is 0 Å². The summed E-state index contributed by atoms with van der Waals surface area (Å²) in [5, 5.41) is 1.75. The Kier molecular flexibility index (Phi) is 11.7. The Hall–Kier alpha value is -1.65. The Morgan fingerprint density at radius 1 is 0.909 bits per heavy atom. The van der Waals surface area contributed by atoms with E-state index in [1.54, 1.807) is 0 Å². The normalized spacial score (nSPS) is 20.4. The van der Waals surface area contributed by atoms with Gasteiger partial charge < -0.3 is 42.7 Å². The molecule has 6 nitrogen and oxygen atoms in total. The number of Topliss-reactive ketones (excluding diaryl/α,β-unsaturated/α-hetero) is 1. The van der Waals surface area contributed by atoms with Crippen LogP contribution in [0.1, 0.15) is 67.4 Å². The van der Waals surface area contributed by atoms with Gasteiger partial charge in [-0.3, -0.25) is 9.69 Å². The molecule has 3 aliphatic heterocycles. The summed E-state index contributed by atoms with van der Waals surface area (Å²) in [5.74, 6) is 1.71. The fourth-order valence-electron chi connectivity index (χ4n) is 7.68. The highest BCUT2D eigenvalue weighted by atomic mass is 127. The number of para-hydroxylation sites is 1. The molecule has 3 fully saturated rings. The SMILES string of the molecule is C[N+]1(C)CCC(CCn2c(COc3ccc(Cl)cc3)c(C(=O)CN3CCC(N4CCCCC4)CC3)c3ccccc32)CC1.[I-]. The Morgan fingerprint density at radius 2 is 1.59 bits per heavy atom. The van der Waals surface area contributed by atoms with Crippen molar-refractivity contribution in [3.63, 3.8) is 0 Å². The summed E-state index contributed by atoms with van der Waals surface area (Å²) < 4.78 is 9.87. The second kappa shape index (κ2) is 15.3. The molecule has 0 atom stereocenters. The summed E-state index contributed by atoms with van der Waals surface area (Å²) in [6, 6.07) is 16.7. The molecule has 0 radical (unpaired) electrons. The number of carbonyl (C=O) groups is 1. The molecular formula is C36H50ClIN4O2. The minimum Gasteiger partial charge on any atom is -1.00 e. The molecule has 3 saturated heterocycles. The largest absolute Gasteiger partial charge is 1.00 e. The van der Waals surface area contributed by atoms with E-state index < -0.39 is 0 Å². The van der Waals surface area contributed by atoms with Crippen LogP contribution >= 0.6 is 11.6 Å². The number of fused-ring (bicyclic) bond motifs is 1. The van der Waals surface area contributed by atoms with Gasteiger partial charge >= 0.3 is 0 Å². The number of ketones is 1. The summed E-state index contributed by atoms with van der Waals surface area (Å²) in [6.45, 7) is 8.72. The smallest absolute Gasteiger partial charge is 0.179 e. The predicted molar refractivity (Wildman–Crippen MR) is 176 cm³/mol. The van der Waals surface area contributed by atoms with Gasteiger partial charge in [-0.05, 0) is 94.3 Å². The van der Waals surface area contributed by atoms with Gasteiger partial charge in [0.2, 0.25) is 0 Å². The maximum Gasteiger partial charge on any atom is 0.179 e. The number of aryl methyl sites for hydroxylation is 1. The molecule has 4 heterocycles. The van der Waals surface area contributed by atoms with E-state index in [0.29, 0.717) is 24.2 Å². The van der Waals surface area contributed by atoms with Crippen LogP contribution in [0.25, 0.3) is 10.9 Å². The average Bonchev–Trinajstić information content (AvgIpc) is 3.34. The minimum atomic E-state index is 0. The van der Waals surface area contributed by atoms with Crippen molar-refractivity contribution in [3.8, 4) is 5.75 Å². The van der Waals surface area contributed by atoms with Crippen LogP contribution in [0.15, 0.2) is 48.5 Å². The highest BCUT2D eigenvalue weighted by molar-refractivity contribution is 6.30. The van der Waals surface area contributed by atoms with Crippen LogP contribution in [-0.4, -0.2) is 90.6 Å². The number of piperidine rings is 3.